The van der Waals surface area contributed by atoms with Crippen LogP contribution in [0, 0.1) is 0 Å². The first-order valence-corrected chi connectivity index (χ1v) is 0. The van der Waals surface area contributed by atoms with E-state index in [9.17, 15) is 0 Å². The van der Waals surface area contributed by atoms with Gasteiger partial charge < -0.3 is 0 Å². The van der Waals surface area contributed by atoms with E-state index in [4.69, 9.17) is 0 Å². The number of hydrogen-bond donors (Lipinski definition) is 0. The minimum atomic E-state index is 0. The number of hydrogen-bond acceptors (Lipinski definition) is 0. The Morgan fingerprint density at radius 2 is 0.182 bits per heavy atom. The normalized spacial score (nSPS) is 0. The zero-order valence-corrected chi connectivity index (χ0v) is 22.0. The third-order valence-corrected chi connectivity index (χ3v) is 0. The van der Waals surface area contributed by atoms with Gasteiger partial charge in [-0.05, 0) is 0 Å². The van der Waals surface area contributed by atoms with Crippen molar-refractivity contribution in [1.29, 1.82) is 0 Å². The molecule has 0 aliphatic rings. The van der Waals surface area contributed by atoms with E-state index in [1.54, 1.807) is 0 Å². The molecule has 0 rings (SSSR count). The van der Waals surface area contributed by atoms with Crippen LogP contribution in [0.4, 0.5) is 0 Å². The fourth-order valence-corrected chi connectivity index (χ4v) is 0. The molecule has 0 atom stereocenters. The first-order chi connectivity index (χ1) is 0. The summed E-state index contributed by atoms with van der Waals surface area (Å²) in [5.41, 5.74) is 0. The van der Waals surface area contributed by atoms with Crippen molar-refractivity contribution in [2.45, 2.75) is 44.6 Å². The molecule has 22 heavy (non-hydrogen) atoms. The van der Waals surface area contributed by atoms with Crippen LogP contribution in [0.3, 0.4) is 0 Å². The summed E-state index contributed by atoms with van der Waals surface area (Å²) in [7, 11) is 0. The Kier molecular flexibility index (Phi) is 6180. The summed E-state index contributed by atoms with van der Waals surface area (Å²) in [5, 5.41) is 0. The SMILES string of the molecule is C.C.C.C.C.C.[Co].[Co].[Co].[Co].[Co].[Co].[Co].[Co].[Co].[Co].[Co].[Co].[Co].[Co].[Co].[Co].[H+].[H+].[H+].[H+].[H+].[HH].[HH].[HH]. The van der Waals surface area contributed by atoms with Crippen molar-refractivity contribution in [3.05, 3.63) is 0 Å². The molecule has 0 N–H and O–H groups in total. The quantitative estimate of drug-likeness (QED) is 0.318. The second-order valence-corrected chi connectivity index (χ2v) is 0. The van der Waals surface area contributed by atoms with Gasteiger partial charge in [-0.2, -0.15) is 0 Å². The van der Waals surface area contributed by atoms with Crippen LogP contribution in [0.2, 0.25) is 0 Å². The van der Waals surface area contributed by atoms with Crippen LogP contribution in [-0.4, -0.2) is 0 Å². The molecule has 0 nitrogen and oxygen atoms in total. The Bertz CT molecular complexity index is 43.7. The smallest absolute Gasteiger partial charge is 0.0776 e. The van der Waals surface area contributed by atoms with Crippen LogP contribution < -0.4 is 0 Å². The molecule has 0 aliphatic carbocycles. The molecule has 0 aromatic rings. The third-order valence-electron chi connectivity index (χ3n) is 0. The van der Waals surface area contributed by atoms with Crippen molar-refractivity contribution in [3.8, 4) is 0 Å². The second-order valence-electron chi connectivity index (χ2n) is 0. The van der Waals surface area contributed by atoms with Crippen molar-refractivity contribution in [1.82, 2.24) is 0 Å². The molecule has 0 saturated heterocycles. The molecule has 198 valence electrons. The number of rotatable bonds is 0. The van der Waals surface area contributed by atoms with Gasteiger partial charge in [-0.1, -0.05) is 44.6 Å². The standard InChI is InChI=1S/6CH4.16Co.3H2/h6*1H4;;;;;;;;;;;;;;;;;3*1H/p+5. The van der Waals surface area contributed by atoms with E-state index in [1.807, 2.05) is 0 Å². The van der Waals surface area contributed by atoms with E-state index in [-0.39, 0.29) is 324 Å². The van der Waals surface area contributed by atoms with Gasteiger partial charge in [0.1, 0.15) is 0 Å². The molecule has 0 amide bonds. The molecule has 0 aromatic carbocycles. The van der Waals surface area contributed by atoms with Crippen molar-refractivity contribution in [2.75, 3.05) is 0 Å². The van der Waals surface area contributed by atoms with Crippen LogP contribution >= 0.6 is 0 Å². The summed E-state index contributed by atoms with van der Waals surface area (Å²) in [6.45, 7) is 0. The van der Waals surface area contributed by atoms with E-state index >= 15 is 0 Å². The van der Waals surface area contributed by atoms with Gasteiger partial charge in [0.05, 0.1) is 0 Å². The summed E-state index contributed by atoms with van der Waals surface area (Å²) in [6.07, 6.45) is 0. The Balaban J connectivity index is 0. The van der Waals surface area contributed by atoms with Gasteiger partial charge in [0.15, 0.2) is 0 Å². The van der Waals surface area contributed by atoms with Gasteiger partial charge in [0, 0.05) is 273 Å². The summed E-state index contributed by atoms with van der Waals surface area (Å²) >= 11 is 0. The second kappa shape index (κ2) is 350. The molecule has 0 spiro atoms. The third kappa shape index (κ3) is 314. The minimum Gasteiger partial charge on any atom is -0.0776 e. The van der Waals surface area contributed by atoms with Crippen molar-refractivity contribution in [3.63, 3.8) is 0 Å². The van der Waals surface area contributed by atoms with Crippen LogP contribution in [-0.2, 0) is 268 Å². The van der Waals surface area contributed by atoms with Crippen molar-refractivity contribution in [2.24, 2.45) is 0 Å². The largest absolute Gasteiger partial charge is 1.00 e. The van der Waals surface area contributed by atoms with Gasteiger partial charge in [-0.25, -0.2) is 0 Å². The van der Waals surface area contributed by atoms with Gasteiger partial charge in [0.2, 0.25) is 0 Å². The monoisotopic (exact) mass is 1050 g/mol. The van der Waals surface area contributed by atoms with Gasteiger partial charge in [-0.3, -0.25) is 0 Å². The molecule has 0 saturated carbocycles. The average molecular weight is 1050 g/mol. The van der Waals surface area contributed by atoms with Crippen LogP contribution in [0.5, 0.6) is 0 Å². The molecular weight excluding hydrogens is 1010 g/mol. The van der Waals surface area contributed by atoms with Gasteiger partial charge in [0.25, 0.3) is 0 Å². The summed E-state index contributed by atoms with van der Waals surface area (Å²) in [6, 6.07) is 0. The summed E-state index contributed by atoms with van der Waals surface area (Å²) in [4.78, 5) is 0. The molecule has 16 heteroatoms. The van der Waals surface area contributed by atoms with Crippen LogP contribution in [0.25, 0.3) is 0 Å². The molecule has 0 fully saturated rings. The molecule has 0 aromatic heterocycles. The summed E-state index contributed by atoms with van der Waals surface area (Å²) < 4.78 is 0. The van der Waals surface area contributed by atoms with Gasteiger partial charge >= 0.3 is 7.13 Å². The van der Waals surface area contributed by atoms with Crippen molar-refractivity contribution >= 4 is 0 Å². The van der Waals surface area contributed by atoms with E-state index < -0.39 is 0 Å². The zero-order valence-electron chi connectivity index (χ0n) is 10.3. The minimum absolute atomic E-state index is 0. The van der Waals surface area contributed by atoms with Crippen LogP contribution in [0.15, 0.2) is 0 Å². The van der Waals surface area contributed by atoms with Crippen molar-refractivity contribution < 1.29 is 280 Å². The molecule has 16 radical (unpaired) electrons. The fourth-order valence-electron chi connectivity index (χ4n) is 0. The Hall–Kier alpha value is 8.10. The van der Waals surface area contributed by atoms with E-state index in [0.29, 0.717) is 0 Å². The average Bonchev–Trinajstić information content (AvgIpc) is 0. The molecule has 0 unspecified atom stereocenters. The maximum atomic E-state index is 0. The van der Waals surface area contributed by atoms with Gasteiger partial charge in [-0.15, -0.1) is 0 Å². The first kappa shape index (κ1) is 388. The van der Waals surface area contributed by atoms with E-state index in [1.165, 1.54) is 0 Å². The predicted molar refractivity (Wildman–Crippen MR) is 52.3 cm³/mol. The topological polar surface area (TPSA) is 0 Å². The molecular formula is C6H35Co16+5. The zero-order chi connectivity index (χ0) is 0. The maximum Gasteiger partial charge on any atom is 1.00 e. The van der Waals surface area contributed by atoms with E-state index in [0.717, 1.165) is 0 Å². The Morgan fingerprint density at radius 1 is 0.182 bits per heavy atom. The molecule has 0 aliphatic heterocycles. The van der Waals surface area contributed by atoms with E-state index in [2.05, 4.69) is 0 Å². The molecule has 0 bridgehead atoms. The first-order valence-electron chi connectivity index (χ1n) is 0. The molecule has 0 heterocycles. The maximum absolute atomic E-state index is 0. The van der Waals surface area contributed by atoms with Crippen LogP contribution in [0.1, 0.15) is 56.0 Å². The fraction of sp³-hybridized carbons (Fsp3) is 1.00. The summed E-state index contributed by atoms with van der Waals surface area (Å²) in [5.74, 6) is 0. The predicted octanol–water partition coefficient (Wildman–Crippen LogP) is 5.08. The Labute approximate surface area is 319 Å². The Morgan fingerprint density at radius 3 is 0.182 bits per heavy atom.